The largest absolute Gasteiger partial charge is 0.696 e. The second kappa shape index (κ2) is 6.98. The lowest BCUT2D eigenvalue weighted by atomic mass is 10.1. The quantitative estimate of drug-likeness (QED) is 0.481. The van der Waals surface area contributed by atoms with E-state index in [1.807, 2.05) is 0 Å². The number of nitriles is 1. The van der Waals surface area contributed by atoms with E-state index in [1.54, 1.807) is 12.1 Å². The van der Waals surface area contributed by atoms with Gasteiger partial charge in [-0.1, -0.05) is 23.2 Å². The molecule has 2 aromatic carbocycles. The maximum atomic E-state index is 12.7. The molecule has 1 aliphatic rings. The van der Waals surface area contributed by atoms with Gasteiger partial charge < -0.3 is 23.1 Å². The van der Waals surface area contributed by atoms with Gasteiger partial charge in [0.05, 0.1) is 22.5 Å². The number of anilines is 2. The number of rotatable bonds is 1. The average Bonchev–Trinajstić information content (AvgIpc) is 2.51. The van der Waals surface area contributed by atoms with Crippen molar-refractivity contribution in [3.05, 3.63) is 47.5 Å². The molecule has 1 heterocycles. The van der Waals surface area contributed by atoms with E-state index >= 15 is 0 Å². The first-order chi connectivity index (χ1) is 11.3. The van der Waals surface area contributed by atoms with Gasteiger partial charge >= 0.3 is 12.1 Å². The third-order valence-corrected chi connectivity index (χ3v) is 4.18. The van der Waals surface area contributed by atoms with E-state index in [0.717, 1.165) is 12.1 Å². The molecule has 0 saturated carbocycles. The molecule has 0 atom stereocenters. The van der Waals surface area contributed by atoms with Crippen molar-refractivity contribution in [3.63, 3.8) is 0 Å². The van der Waals surface area contributed by atoms with Gasteiger partial charge in [0.1, 0.15) is 0 Å². The SMILES string of the molecule is N#C[S-].O=C(O)c1cccc2c1Nc1cc(C(F)(F)F)ccc1S2. The highest BCUT2D eigenvalue weighted by Gasteiger charge is 2.32. The lowest BCUT2D eigenvalue weighted by molar-refractivity contribution is -0.137. The summed E-state index contributed by atoms with van der Waals surface area (Å²) in [7, 11) is 0. The van der Waals surface area contributed by atoms with E-state index < -0.39 is 17.7 Å². The summed E-state index contributed by atoms with van der Waals surface area (Å²) in [5.74, 6) is -1.13. The second-order valence-corrected chi connectivity index (χ2v) is 5.78. The van der Waals surface area contributed by atoms with E-state index in [0.29, 0.717) is 15.5 Å². The summed E-state index contributed by atoms with van der Waals surface area (Å²) < 4.78 is 38.2. The van der Waals surface area contributed by atoms with Crippen molar-refractivity contribution in [1.82, 2.24) is 0 Å². The number of nitrogens with one attached hydrogen (secondary N) is 1. The van der Waals surface area contributed by atoms with Crippen LogP contribution < -0.4 is 5.32 Å². The summed E-state index contributed by atoms with van der Waals surface area (Å²) in [5.41, 5.74) is -0.161. The minimum atomic E-state index is -4.44. The first-order valence-corrected chi connectivity index (χ1v) is 7.54. The van der Waals surface area contributed by atoms with E-state index in [4.69, 9.17) is 10.4 Å². The number of alkyl halides is 3. The van der Waals surface area contributed by atoms with Crippen LogP contribution in [0.2, 0.25) is 0 Å². The molecule has 3 rings (SSSR count). The molecule has 0 fully saturated rings. The summed E-state index contributed by atoms with van der Waals surface area (Å²) in [6.45, 7) is 0. The van der Waals surface area contributed by atoms with Crippen LogP contribution >= 0.6 is 11.8 Å². The van der Waals surface area contributed by atoms with Gasteiger partial charge in [-0.15, -0.1) is 0 Å². The van der Waals surface area contributed by atoms with Crippen molar-refractivity contribution in [1.29, 1.82) is 5.26 Å². The van der Waals surface area contributed by atoms with Crippen LogP contribution in [-0.2, 0) is 18.8 Å². The number of para-hydroxylation sites is 1. The van der Waals surface area contributed by atoms with Crippen LogP contribution in [0.4, 0.5) is 24.5 Å². The van der Waals surface area contributed by atoms with Crippen molar-refractivity contribution in [3.8, 4) is 5.40 Å². The summed E-state index contributed by atoms with van der Waals surface area (Å²) >= 11 is 4.94. The number of benzene rings is 2. The van der Waals surface area contributed by atoms with Gasteiger partial charge in [0, 0.05) is 9.79 Å². The summed E-state index contributed by atoms with van der Waals surface area (Å²) in [6.07, 6.45) is -4.44. The summed E-state index contributed by atoms with van der Waals surface area (Å²) in [4.78, 5) is 12.5. The molecular formula is C15H8F3N2O2S2-. The molecule has 0 bridgehead atoms. The molecule has 2 N–H and O–H groups in total. The Morgan fingerprint density at radius 1 is 1.25 bits per heavy atom. The highest BCUT2D eigenvalue weighted by Crippen LogP contribution is 2.47. The number of nitrogens with zero attached hydrogens (tertiary/aromatic N) is 1. The van der Waals surface area contributed by atoms with E-state index in [-0.39, 0.29) is 11.3 Å². The molecule has 4 nitrogen and oxygen atoms in total. The maximum Gasteiger partial charge on any atom is 0.416 e. The molecule has 9 heteroatoms. The highest BCUT2D eigenvalue weighted by molar-refractivity contribution is 7.99. The molecule has 0 aromatic heterocycles. The highest BCUT2D eigenvalue weighted by atomic mass is 32.2. The van der Waals surface area contributed by atoms with E-state index in [9.17, 15) is 18.0 Å². The van der Waals surface area contributed by atoms with Crippen molar-refractivity contribution in [2.75, 3.05) is 5.32 Å². The standard InChI is InChI=1S/C14H8F3NO2S.CHNS/c15-14(16,17)7-4-5-10-9(6-7)18-12-8(13(19)20)2-1-3-11(12)21-10;2-1-3/h1-6,18H,(H,19,20);3H/p-1. The van der Waals surface area contributed by atoms with Gasteiger partial charge in [0.2, 0.25) is 0 Å². The van der Waals surface area contributed by atoms with Gasteiger partial charge in [-0.05, 0) is 30.3 Å². The number of fused-ring (bicyclic) bond motifs is 2. The van der Waals surface area contributed by atoms with Crippen LogP contribution in [0.5, 0.6) is 0 Å². The number of carboxylic acids is 1. The molecule has 2 aromatic rings. The number of carboxylic acid groups (broad SMARTS) is 1. The molecule has 0 radical (unpaired) electrons. The lowest BCUT2D eigenvalue weighted by Crippen LogP contribution is -2.10. The first-order valence-electron chi connectivity index (χ1n) is 6.31. The van der Waals surface area contributed by atoms with E-state index in [2.05, 4.69) is 17.9 Å². The molecular weight excluding hydrogens is 361 g/mol. The van der Waals surface area contributed by atoms with Gasteiger partial charge in [0.25, 0.3) is 0 Å². The number of carbonyl (C=O) groups is 1. The number of aromatic carboxylic acids is 1. The fourth-order valence-corrected chi connectivity index (χ4v) is 3.07. The van der Waals surface area contributed by atoms with Gasteiger partial charge in [0.15, 0.2) is 0 Å². The Hall–Kier alpha value is -2.44. The van der Waals surface area contributed by atoms with Gasteiger partial charge in [-0.3, -0.25) is 0 Å². The average molecular weight is 369 g/mol. The molecule has 0 unspecified atom stereocenters. The third kappa shape index (κ3) is 3.72. The Kier molecular flexibility index (Phi) is 5.21. The second-order valence-electron chi connectivity index (χ2n) is 4.51. The number of hydrogen-bond acceptors (Lipinski definition) is 5. The normalized spacial score (nSPS) is 11.8. The molecule has 1 aliphatic heterocycles. The summed E-state index contributed by atoms with van der Waals surface area (Å²) in [6, 6.07) is 8.12. The first kappa shape index (κ1) is 17.9. The van der Waals surface area contributed by atoms with Gasteiger partial charge in [-0.25, -0.2) is 10.1 Å². The molecule has 0 saturated heterocycles. The maximum absolute atomic E-state index is 12.7. The van der Waals surface area contributed by atoms with Crippen molar-refractivity contribution in [2.45, 2.75) is 16.0 Å². The van der Waals surface area contributed by atoms with Crippen molar-refractivity contribution in [2.24, 2.45) is 0 Å². The number of hydrogen-bond donors (Lipinski definition) is 2. The van der Waals surface area contributed by atoms with Crippen LogP contribution in [-0.4, -0.2) is 11.1 Å². The predicted molar refractivity (Wildman–Crippen MR) is 85.2 cm³/mol. The van der Waals surface area contributed by atoms with E-state index in [1.165, 1.54) is 29.3 Å². The zero-order valence-electron chi connectivity index (χ0n) is 11.7. The minimum absolute atomic E-state index is 0.0306. The Balaban J connectivity index is 0.000000647. The lowest BCUT2D eigenvalue weighted by Gasteiger charge is -2.23. The molecule has 0 amide bonds. The monoisotopic (exact) mass is 369 g/mol. The zero-order chi connectivity index (χ0) is 17.9. The Labute approximate surface area is 144 Å². The Morgan fingerprint density at radius 2 is 1.92 bits per heavy atom. The van der Waals surface area contributed by atoms with Crippen LogP contribution in [0.15, 0.2) is 46.2 Å². The number of halogens is 3. The molecule has 0 aliphatic carbocycles. The van der Waals surface area contributed by atoms with Crippen LogP contribution in [0.25, 0.3) is 0 Å². The van der Waals surface area contributed by atoms with Crippen molar-refractivity contribution >= 4 is 41.7 Å². The Bertz CT molecular complexity index is 832. The Morgan fingerprint density at radius 3 is 2.50 bits per heavy atom. The smallest absolute Gasteiger partial charge is 0.416 e. The molecule has 124 valence electrons. The fraction of sp³-hybridized carbons (Fsp3) is 0.0667. The molecule has 24 heavy (non-hydrogen) atoms. The third-order valence-electron chi connectivity index (χ3n) is 3.04. The van der Waals surface area contributed by atoms with Crippen LogP contribution in [0, 0.1) is 10.7 Å². The predicted octanol–water partition coefficient (Wildman–Crippen LogP) is 4.63. The minimum Gasteiger partial charge on any atom is -0.696 e. The van der Waals surface area contributed by atoms with Crippen LogP contribution in [0.3, 0.4) is 0 Å². The topological polar surface area (TPSA) is 73.1 Å². The molecule has 0 spiro atoms. The number of thiocyanates is 1. The zero-order valence-corrected chi connectivity index (χ0v) is 13.4. The fourth-order valence-electron chi connectivity index (χ4n) is 2.07. The van der Waals surface area contributed by atoms with Gasteiger partial charge in [-0.2, -0.15) is 13.2 Å². The van der Waals surface area contributed by atoms with Crippen LogP contribution in [0.1, 0.15) is 15.9 Å². The van der Waals surface area contributed by atoms with Crippen molar-refractivity contribution < 1.29 is 23.1 Å². The summed E-state index contributed by atoms with van der Waals surface area (Å²) in [5, 5.41) is 20.4.